The molecule has 0 aromatic carbocycles. The largest absolute Gasteiger partial charge is 0.418 e. The molecule has 15 heavy (non-hydrogen) atoms. The second-order valence-corrected chi connectivity index (χ2v) is 3.77. The molecule has 0 aliphatic heterocycles. The van der Waals surface area contributed by atoms with Crippen molar-refractivity contribution in [3.8, 4) is 0 Å². The van der Waals surface area contributed by atoms with Gasteiger partial charge in [0.15, 0.2) is 0 Å². The Hall–Kier alpha value is -1.06. The predicted molar refractivity (Wildman–Crippen MR) is 52.7 cm³/mol. The van der Waals surface area contributed by atoms with E-state index in [4.69, 9.17) is 0 Å². The lowest BCUT2D eigenvalue weighted by atomic mass is 10.0. The maximum absolute atomic E-state index is 12.5. The van der Waals surface area contributed by atoms with E-state index in [1.807, 2.05) is 13.8 Å². The van der Waals surface area contributed by atoms with Crippen molar-refractivity contribution in [1.29, 1.82) is 0 Å². The molecule has 0 amide bonds. The van der Waals surface area contributed by atoms with Crippen LogP contribution in [0.4, 0.5) is 13.2 Å². The molecule has 0 saturated heterocycles. The molecule has 0 radical (unpaired) electrons. The van der Waals surface area contributed by atoms with E-state index in [1.165, 1.54) is 0 Å². The lowest BCUT2D eigenvalue weighted by molar-refractivity contribution is -0.138. The van der Waals surface area contributed by atoms with E-state index < -0.39 is 11.7 Å². The number of nitrogens with zero attached hydrogens (tertiary/aromatic N) is 1. The van der Waals surface area contributed by atoms with Crippen LogP contribution in [0, 0.1) is 0 Å². The molecular formula is C11H14F3N. The maximum atomic E-state index is 12.5. The molecular weight excluding hydrogens is 203 g/mol. The summed E-state index contributed by atoms with van der Waals surface area (Å²) in [4.78, 5) is 3.83. The zero-order valence-electron chi connectivity index (χ0n) is 9.02. The lowest BCUT2D eigenvalue weighted by Gasteiger charge is -2.13. The van der Waals surface area contributed by atoms with Crippen LogP contribution in [0.3, 0.4) is 0 Å². The van der Waals surface area contributed by atoms with E-state index in [0.29, 0.717) is 17.7 Å². The molecule has 84 valence electrons. The molecule has 0 aliphatic carbocycles. The molecule has 1 nitrogen and oxygen atoms in total. The highest BCUT2D eigenvalue weighted by molar-refractivity contribution is 5.30. The van der Waals surface area contributed by atoms with Crippen LogP contribution >= 0.6 is 0 Å². The molecule has 1 heterocycles. The van der Waals surface area contributed by atoms with Gasteiger partial charge in [-0.05, 0) is 24.0 Å². The second-order valence-electron chi connectivity index (χ2n) is 3.77. The minimum Gasteiger partial charge on any atom is -0.260 e. The quantitative estimate of drug-likeness (QED) is 0.734. The Morgan fingerprint density at radius 2 is 1.93 bits per heavy atom. The van der Waals surface area contributed by atoms with Crippen LogP contribution in [0.1, 0.15) is 43.5 Å². The molecule has 1 rings (SSSR count). The third kappa shape index (κ3) is 2.70. The molecule has 0 atom stereocenters. The van der Waals surface area contributed by atoms with Gasteiger partial charge < -0.3 is 0 Å². The van der Waals surface area contributed by atoms with Gasteiger partial charge in [0.25, 0.3) is 0 Å². The summed E-state index contributed by atoms with van der Waals surface area (Å²) < 4.78 is 37.6. The van der Waals surface area contributed by atoms with Gasteiger partial charge in [-0.2, -0.15) is 13.2 Å². The molecule has 1 aromatic rings. The summed E-state index contributed by atoms with van der Waals surface area (Å²) in [6, 6.07) is 1.55. The van der Waals surface area contributed by atoms with E-state index in [9.17, 15) is 13.2 Å². The Morgan fingerprint density at radius 1 is 1.33 bits per heavy atom. The molecule has 4 heteroatoms. The van der Waals surface area contributed by atoms with E-state index in [1.54, 1.807) is 13.0 Å². The lowest BCUT2D eigenvalue weighted by Crippen LogP contribution is -2.10. The number of rotatable bonds is 2. The highest BCUT2D eigenvalue weighted by Crippen LogP contribution is 2.32. The molecule has 0 fully saturated rings. The third-order valence-electron chi connectivity index (χ3n) is 2.29. The summed E-state index contributed by atoms with van der Waals surface area (Å²) in [7, 11) is 0. The number of aryl methyl sites for hydroxylation is 1. The van der Waals surface area contributed by atoms with Gasteiger partial charge in [-0.25, -0.2) is 0 Å². The first-order chi connectivity index (χ1) is 6.86. The molecule has 0 unspecified atom stereocenters. The Morgan fingerprint density at radius 3 is 2.33 bits per heavy atom. The van der Waals surface area contributed by atoms with Crippen LogP contribution < -0.4 is 0 Å². The van der Waals surface area contributed by atoms with Crippen LogP contribution in [0.5, 0.6) is 0 Å². The fraction of sp³-hybridized carbons (Fsp3) is 0.545. The van der Waals surface area contributed by atoms with E-state index in [2.05, 4.69) is 4.98 Å². The van der Waals surface area contributed by atoms with Crippen LogP contribution in [0.15, 0.2) is 12.3 Å². The van der Waals surface area contributed by atoms with Crippen molar-refractivity contribution in [3.05, 3.63) is 29.1 Å². The van der Waals surface area contributed by atoms with Gasteiger partial charge in [-0.15, -0.1) is 0 Å². The van der Waals surface area contributed by atoms with Crippen LogP contribution in [-0.4, -0.2) is 4.98 Å². The summed E-state index contributed by atoms with van der Waals surface area (Å²) in [6.45, 7) is 5.54. The molecule has 0 N–H and O–H groups in total. The SMILES string of the molecule is CCc1cc(C(C)C)ncc1C(F)(F)F. The standard InChI is InChI=1S/C11H14F3N/c1-4-8-5-10(7(2)3)15-6-9(8)11(12,13)14/h5-7H,4H2,1-3H3. The van der Waals surface area contributed by atoms with Gasteiger partial charge in [-0.1, -0.05) is 20.8 Å². The van der Waals surface area contributed by atoms with Gasteiger partial charge in [0.2, 0.25) is 0 Å². The summed E-state index contributed by atoms with van der Waals surface area (Å²) >= 11 is 0. The minimum atomic E-state index is -4.30. The van der Waals surface area contributed by atoms with Gasteiger partial charge in [0.1, 0.15) is 0 Å². The normalized spacial score (nSPS) is 12.2. The van der Waals surface area contributed by atoms with Crippen molar-refractivity contribution in [1.82, 2.24) is 4.98 Å². The van der Waals surface area contributed by atoms with Crippen molar-refractivity contribution < 1.29 is 13.2 Å². The first-order valence-electron chi connectivity index (χ1n) is 4.92. The Balaban J connectivity index is 3.21. The number of alkyl halides is 3. The highest BCUT2D eigenvalue weighted by atomic mass is 19.4. The van der Waals surface area contributed by atoms with Crippen molar-refractivity contribution >= 4 is 0 Å². The highest BCUT2D eigenvalue weighted by Gasteiger charge is 2.33. The predicted octanol–water partition coefficient (Wildman–Crippen LogP) is 3.79. The third-order valence-corrected chi connectivity index (χ3v) is 2.29. The summed E-state index contributed by atoms with van der Waals surface area (Å²) in [6.07, 6.45) is -2.99. The summed E-state index contributed by atoms with van der Waals surface area (Å²) in [5, 5.41) is 0. The Kier molecular flexibility index (Phi) is 3.37. The topological polar surface area (TPSA) is 12.9 Å². The van der Waals surface area contributed by atoms with E-state index in [-0.39, 0.29) is 5.92 Å². The smallest absolute Gasteiger partial charge is 0.260 e. The number of pyridine rings is 1. The minimum absolute atomic E-state index is 0.151. The van der Waals surface area contributed by atoms with Crippen LogP contribution in [-0.2, 0) is 12.6 Å². The number of hydrogen-bond donors (Lipinski definition) is 0. The average molecular weight is 217 g/mol. The zero-order valence-corrected chi connectivity index (χ0v) is 9.02. The molecule has 1 aromatic heterocycles. The Bertz CT molecular complexity index is 342. The molecule has 0 bridgehead atoms. The second kappa shape index (κ2) is 4.21. The fourth-order valence-electron chi connectivity index (χ4n) is 1.38. The number of aromatic nitrogens is 1. The fourth-order valence-corrected chi connectivity index (χ4v) is 1.38. The van der Waals surface area contributed by atoms with Crippen molar-refractivity contribution in [2.24, 2.45) is 0 Å². The number of hydrogen-bond acceptors (Lipinski definition) is 1. The van der Waals surface area contributed by atoms with Crippen molar-refractivity contribution in [2.45, 2.75) is 39.3 Å². The van der Waals surface area contributed by atoms with Crippen LogP contribution in [0.2, 0.25) is 0 Å². The van der Waals surface area contributed by atoms with Gasteiger partial charge in [0, 0.05) is 11.9 Å². The summed E-state index contributed by atoms with van der Waals surface area (Å²) in [5.41, 5.74) is 0.412. The van der Waals surface area contributed by atoms with E-state index >= 15 is 0 Å². The first-order valence-corrected chi connectivity index (χ1v) is 4.92. The first kappa shape index (κ1) is 12.0. The monoisotopic (exact) mass is 217 g/mol. The Labute approximate surface area is 87.3 Å². The van der Waals surface area contributed by atoms with Gasteiger partial charge in [0.05, 0.1) is 5.56 Å². The van der Waals surface area contributed by atoms with Gasteiger partial charge >= 0.3 is 6.18 Å². The zero-order chi connectivity index (χ0) is 11.6. The average Bonchev–Trinajstić information content (AvgIpc) is 2.15. The van der Waals surface area contributed by atoms with E-state index in [0.717, 1.165) is 6.20 Å². The maximum Gasteiger partial charge on any atom is 0.418 e. The number of halogens is 3. The van der Waals surface area contributed by atoms with Crippen molar-refractivity contribution in [2.75, 3.05) is 0 Å². The molecule has 0 saturated carbocycles. The van der Waals surface area contributed by atoms with Gasteiger partial charge in [-0.3, -0.25) is 4.98 Å². The van der Waals surface area contributed by atoms with Crippen LogP contribution in [0.25, 0.3) is 0 Å². The van der Waals surface area contributed by atoms with Crippen molar-refractivity contribution in [3.63, 3.8) is 0 Å². The molecule has 0 aliphatic rings. The molecule has 0 spiro atoms. The summed E-state index contributed by atoms with van der Waals surface area (Å²) in [5.74, 6) is 0.151.